The zero-order chi connectivity index (χ0) is 30.3. The zero-order valence-electron chi connectivity index (χ0n) is 22.0. The van der Waals surface area contributed by atoms with Gasteiger partial charge < -0.3 is 4.57 Å². The zero-order valence-corrected chi connectivity index (χ0v) is 23.6. The average molecular weight is 607 g/mol. The number of aromatic nitrogens is 1. The molecule has 0 amide bonds. The van der Waals surface area contributed by atoms with Crippen molar-refractivity contribution in [2.75, 3.05) is 5.75 Å². The highest BCUT2D eigenvalue weighted by atomic mass is 32.2. The monoisotopic (exact) mass is 606 g/mol. The molecule has 2 aromatic carbocycles. The van der Waals surface area contributed by atoms with Crippen LogP contribution in [0.3, 0.4) is 0 Å². The molecule has 0 unspecified atom stereocenters. The molecule has 0 N–H and O–H groups in total. The van der Waals surface area contributed by atoms with Gasteiger partial charge >= 0.3 is 6.18 Å². The van der Waals surface area contributed by atoms with E-state index in [1.54, 1.807) is 17.5 Å². The molecule has 2 aromatic heterocycles. The molecule has 12 heteroatoms. The van der Waals surface area contributed by atoms with Crippen LogP contribution in [0.25, 0.3) is 21.7 Å². The van der Waals surface area contributed by atoms with Crippen LogP contribution in [-0.4, -0.2) is 18.7 Å². The Morgan fingerprint density at radius 1 is 1.02 bits per heavy atom. The molecular formula is C29H23F5N2O3S2. The molecule has 4 aromatic rings. The van der Waals surface area contributed by atoms with Crippen molar-refractivity contribution < 1.29 is 30.4 Å². The van der Waals surface area contributed by atoms with E-state index in [4.69, 9.17) is 0 Å². The van der Waals surface area contributed by atoms with Crippen molar-refractivity contribution in [1.29, 1.82) is 5.26 Å². The summed E-state index contributed by atoms with van der Waals surface area (Å²) in [5, 5.41) is 11.0. The van der Waals surface area contributed by atoms with Crippen LogP contribution in [-0.2, 0) is 22.6 Å². The smallest absolute Gasteiger partial charge is 0.302 e. The maximum atomic E-state index is 14.5. The van der Waals surface area contributed by atoms with E-state index in [2.05, 4.69) is 0 Å². The third kappa shape index (κ3) is 6.11. The quantitative estimate of drug-likeness (QED) is 0.206. The molecule has 0 radical (unpaired) electrons. The van der Waals surface area contributed by atoms with Gasteiger partial charge in [0.15, 0.2) is 9.84 Å². The highest BCUT2D eigenvalue weighted by molar-refractivity contribution is 7.91. The molecule has 0 spiro atoms. The number of rotatable bonds is 7. The predicted octanol–water partition coefficient (Wildman–Crippen LogP) is 7.38. The first-order valence-electron chi connectivity index (χ1n) is 12.3. The fourth-order valence-corrected chi connectivity index (χ4v) is 6.15. The number of alkyl halides is 3. The van der Waals surface area contributed by atoms with Gasteiger partial charge in [0.2, 0.25) is 0 Å². The Hall–Kier alpha value is -3.82. The van der Waals surface area contributed by atoms with Crippen LogP contribution >= 0.6 is 11.3 Å². The predicted molar refractivity (Wildman–Crippen MR) is 146 cm³/mol. The normalized spacial score (nSPS) is 12.1. The largest absolute Gasteiger partial charge is 0.417 e. The van der Waals surface area contributed by atoms with Crippen molar-refractivity contribution >= 4 is 21.2 Å². The number of thiophene rings is 1. The molecule has 0 atom stereocenters. The Morgan fingerprint density at radius 3 is 2.32 bits per heavy atom. The lowest BCUT2D eigenvalue weighted by atomic mass is 9.98. The van der Waals surface area contributed by atoms with Gasteiger partial charge in [0, 0.05) is 11.6 Å². The molecule has 2 heterocycles. The maximum absolute atomic E-state index is 14.5. The van der Waals surface area contributed by atoms with Crippen molar-refractivity contribution in [3.63, 3.8) is 0 Å². The molecule has 0 bridgehead atoms. The number of halogens is 5. The average Bonchev–Trinajstić information content (AvgIpc) is 3.40. The van der Waals surface area contributed by atoms with Crippen molar-refractivity contribution in [3.8, 4) is 27.8 Å². The van der Waals surface area contributed by atoms with Gasteiger partial charge in [0.05, 0.1) is 33.3 Å². The minimum Gasteiger partial charge on any atom is -0.302 e. The van der Waals surface area contributed by atoms with E-state index in [1.165, 1.54) is 25.1 Å². The van der Waals surface area contributed by atoms with Gasteiger partial charge in [-0.3, -0.25) is 4.79 Å². The minimum absolute atomic E-state index is 0.0254. The summed E-state index contributed by atoms with van der Waals surface area (Å²) in [5.74, 6) is -2.04. The number of hydrogen-bond donors (Lipinski definition) is 0. The first-order chi connectivity index (χ1) is 19.2. The lowest BCUT2D eigenvalue weighted by Gasteiger charge is -2.17. The second kappa shape index (κ2) is 11.2. The Bertz CT molecular complexity index is 1850. The molecule has 0 saturated heterocycles. The summed E-state index contributed by atoms with van der Waals surface area (Å²) in [5.41, 5.74) is -2.54. The van der Waals surface area contributed by atoms with E-state index in [9.17, 15) is 40.4 Å². The van der Waals surface area contributed by atoms with Crippen molar-refractivity contribution in [3.05, 3.63) is 98.2 Å². The number of pyridine rings is 1. The SMILES string of the molecule is CCS(=O)(=O)c1cc(-c2csc(-c3cc(C(F)(F)F)c(C#N)c(=O)n3Cc3ccc(F)cc3F)c2)cc(C(C)C)c1. The fourth-order valence-electron chi connectivity index (χ4n) is 4.25. The highest BCUT2D eigenvalue weighted by Gasteiger charge is 2.37. The summed E-state index contributed by atoms with van der Waals surface area (Å²) in [6, 6.07) is 10.9. The number of benzene rings is 2. The summed E-state index contributed by atoms with van der Waals surface area (Å²) in [7, 11) is -3.57. The maximum Gasteiger partial charge on any atom is 0.417 e. The third-order valence-corrected chi connectivity index (χ3v) is 9.25. The van der Waals surface area contributed by atoms with Crippen LogP contribution in [0.4, 0.5) is 22.0 Å². The van der Waals surface area contributed by atoms with E-state index in [0.717, 1.165) is 33.6 Å². The summed E-state index contributed by atoms with van der Waals surface area (Å²) < 4.78 is 95.8. The van der Waals surface area contributed by atoms with Crippen LogP contribution < -0.4 is 5.56 Å². The van der Waals surface area contributed by atoms with Gasteiger partial charge in [0.1, 0.15) is 23.3 Å². The second-order valence-corrected chi connectivity index (χ2v) is 12.8. The van der Waals surface area contributed by atoms with Crippen LogP contribution in [0.2, 0.25) is 0 Å². The van der Waals surface area contributed by atoms with Gasteiger partial charge in [-0.25, -0.2) is 17.2 Å². The van der Waals surface area contributed by atoms with Gasteiger partial charge in [0.25, 0.3) is 5.56 Å². The number of nitriles is 1. The van der Waals surface area contributed by atoms with E-state index in [1.807, 2.05) is 13.8 Å². The number of nitrogens with zero attached hydrogens (tertiary/aromatic N) is 2. The van der Waals surface area contributed by atoms with E-state index < -0.39 is 50.9 Å². The fraction of sp³-hybridized carbons (Fsp3) is 0.241. The Kier molecular flexibility index (Phi) is 8.25. The molecule has 0 aliphatic heterocycles. The van der Waals surface area contributed by atoms with E-state index in [-0.39, 0.29) is 32.7 Å². The van der Waals surface area contributed by atoms with Crippen LogP contribution in [0.5, 0.6) is 0 Å². The molecule has 0 fully saturated rings. The molecule has 0 saturated carbocycles. The summed E-state index contributed by atoms with van der Waals surface area (Å²) in [6.45, 7) is 4.74. The molecule has 4 rings (SSSR count). The Balaban J connectivity index is 1.95. The van der Waals surface area contributed by atoms with Crippen molar-refractivity contribution in [2.24, 2.45) is 0 Å². The van der Waals surface area contributed by atoms with Gasteiger partial charge in [-0.1, -0.05) is 32.9 Å². The highest BCUT2D eigenvalue weighted by Crippen LogP contribution is 2.38. The first-order valence-corrected chi connectivity index (χ1v) is 14.9. The standard InChI is InChI=1S/C29H23F5N2O3S2/c1-4-41(38,39)22-8-18(16(2)3)7-19(9-22)20-10-27(40-15-20)26-12-24(29(32,33)34)23(13-35)28(37)36(26)14-17-5-6-21(30)11-25(17)31/h5-12,15-16H,4,14H2,1-3H3. The van der Waals surface area contributed by atoms with Gasteiger partial charge in [-0.15, -0.1) is 11.3 Å². The molecule has 214 valence electrons. The Morgan fingerprint density at radius 2 is 1.73 bits per heavy atom. The van der Waals surface area contributed by atoms with Crippen molar-refractivity contribution in [2.45, 2.75) is 44.3 Å². The summed E-state index contributed by atoms with van der Waals surface area (Å²) in [6.07, 6.45) is -5.03. The van der Waals surface area contributed by atoms with E-state index >= 15 is 0 Å². The van der Waals surface area contributed by atoms with Gasteiger partial charge in [-0.2, -0.15) is 18.4 Å². The Labute approximate surface area is 237 Å². The van der Waals surface area contributed by atoms with Crippen LogP contribution in [0, 0.1) is 23.0 Å². The van der Waals surface area contributed by atoms with E-state index in [0.29, 0.717) is 23.3 Å². The minimum atomic E-state index is -5.03. The molecule has 5 nitrogen and oxygen atoms in total. The lowest BCUT2D eigenvalue weighted by Crippen LogP contribution is -2.28. The van der Waals surface area contributed by atoms with Gasteiger partial charge in [-0.05, 0) is 58.3 Å². The second-order valence-electron chi connectivity index (χ2n) is 9.60. The summed E-state index contributed by atoms with van der Waals surface area (Å²) in [4.78, 5) is 13.5. The third-order valence-electron chi connectivity index (χ3n) is 6.58. The topological polar surface area (TPSA) is 79.9 Å². The van der Waals surface area contributed by atoms with Crippen LogP contribution in [0.1, 0.15) is 48.9 Å². The number of hydrogen-bond acceptors (Lipinski definition) is 5. The molecule has 41 heavy (non-hydrogen) atoms. The first kappa shape index (κ1) is 30.1. The van der Waals surface area contributed by atoms with Crippen LogP contribution in [0.15, 0.2) is 63.6 Å². The summed E-state index contributed by atoms with van der Waals surface area (Å²) >= 11 is 0.991. The van der Waals surface area contributed by atoms with Crippen molar-refractivity contribution in [1.82, 2.24) is 4.57 Å². The number of sulfone groups is 1. The molecule has 0 aliphatic rings. The lowest BCUT2D eigenvalue weighted by molar-refractivity contribution is -0.137. The molecular weight excluding hydrogens is 583 g/mol. The molecule has 0 aliphatic carbocycles.